The molecule has 0 unspecified atom stereocenters. The molecule has 0 fully saturated rings. The van der Waals surface area contributed by atoms with Crippen LogP contribution in [0.1, 0.15) is 21.7 Å². The fraction of sp³-hybridized carbons (Fsp3) is 0.0455. The molecule has 2 aromatic carbocycles. The monoisotopic (exact) mass is 338 g/mol. The van der Waals surface area contributed by atoms with Gasteiger partial charge in [0.25, 0.3) is 0 Å². The SMILES string of the molecule is O=C1/C(=C/c2ccccn2)OCc2nc3c(ccc4ccccc43)cc21. The zero-order valence-corrected chi connectivity index (χ0v) is 13.8. The number of hydrogen-bond donors (Lipinski definition) is 0. The number of Topliss-reactive ketones (excluding diaryl/α,β-unsaturated/α-hetero) is 1. The molecule has 1 aliphatic heterocycles. The number of nitrogens with zero attached hydrogens (tertiary/aromatic N) is 2. The van der Waals surface area contributed by atoms with Crippen molar-refractivity contribution < 1.29 is 9.53 Å². The molecule has 124 valence electrons. The second kappa shape index (κ2) is 5.77. The maximum absolute atomic E-state index is 12.9. The zero-order valence-electron chi connectivity index (χ0n) is 13.8. The third-order valence-corrected chi connectivity index (χ3v) is 4.59. The van der Waals surface area contributed by atoms with Crippen molar-refractivity contribution in [3.8, 4) is 0 Å². The number of benzene rings is 2. The number of aromatic nitrogens is 2. The quantitative estimate of drug-likeness (QED) is 0.378. The molecule has 0 amide bonds. The Hall–Kier alpha value is -3.53. The number of pyridine rings is 2. The highest BCUT2D eigenvalue weighted by Crippen LogP contribution is 2.30. The molecule has 2 aromatic heterocycles. The molecule has 5 rings (SSSR count). The van der Waals surface area contributed by atoms with Gasteiger partial charge in [-0.15, -0.1) is 0 Å². The van der Waals surface area contributed by atoms with Crippen molar-refractivity contribution in [1.82, 2.24) is 9.97 Å². The minimum absolute atomic E-state index is 0.153. The summed E-state index contributed by atoms with van der Waals surface area (Å²) in [6.45, 7) is 0.277. The van der Waals surface area contributed by atoms with Gasteiger partial charge in [0.1, 0.15) is 6.61 Å². The molecule has 0 aliphatic carbocycles. The smallest absolute Gasteiger partial charge is 0.229 e. The lowest BCUT2D eigenvalue weighted by Crippen LogP contribution is -2.18. The lowest BCUT2D eigenvalue weighted by Gasteiger charge is -2.19. The molecule has 4 aromatic rings. The van der Waals surface area contributed by atoms with Gasteiger partial charge >= 0.3 is 0 Å². The molecule has 0 N–H and O–H groups in total. The maximum atomic E-state index is 12.9. The first-order chi connectivity index (χ1) is 12.8. The molecule has 3 heterocycles. The number of allylic oxidation sites excluding steroid dienone is 1. The van der Waals surface area contributed by atoms with Crippen molar-refractivity contribution in [2.75, 3.05) is 0 Å². The molecule has 0 saturated heterocycles. The van der Waals surface area contributed by atoms with E-state index in [-0.39, 0.29) is 12.4 Å². The second-order valence-corrected chi connectivity index (χ2v) is 6.22. The Morgan fingerprint density at radius 1 is 0.962 bits per heavy atom. The van der Waals surface area contributed by atoms with Gasteiger partial charge < -0.3 is 4.74 Å². The molecular weight excluding hydrogens is 324 g/mol. The first-order valence-corrected chi connectivity index (χ1v) is 8.41. The van der Waals surface area contributed by atoms with E-state index in [0.717, 1.165) is 21.7 Å². The normalized spacial score (nSPS) is 15.2. The number of ketones is 1. The summed E-state index contributed by atoms with van der Waals surface area (Å²) in [5.41, 5.74) is 2.87. The van der Waals surface area contributed by atoms with E-state index in [2.05, 4.69) is 23.2 Å². The van der Waals surface area contributed by atoms with Gasteiger partial charge in [0.15, 0.2) is 5.76 Å². The summed E-state index contributed by atoms with van der Waals surface area (Å²) in [6.07, 6.45) is 3.36. The number of hydrogen-bond acceptors (Lipinski definition) is 4. The number of carbonyl (C=O) groups is 1. The molecule has 1 aliphatic rings. The van der Waals surface area contributed by atoms with E-state index in [0.29, 0.717) is 22.7 Å². The minimum Gasteiger partial charge on any atom is -0.483 e. The van der Waals surface area contributed by atoms with Crippen LogP contribution < -0.4 is 0 Å². The Bertz CT molecular complexity index is 1200. The van der Waals surface area contributed by atoms with Crippen molar-refractivity contribution in [2.45, 2.75) is 6.61 Å². The van der Waals surface area contributed by atoms with Crippen LogP contribution in [-0.4, -0.2) is 15.8 Å². The predicted molar refractivity (Wildman–Crippen MR) is 101 cm³/mol. The zero-order chi connectivity index (χ0) is 17.5. The van der Waals surface area contributed by atoms with Crippen molar-refractivity contribution in [1.29, 1.82) is 0 Å². The summed E-state index contributed by atoms with van der Waals surface area (Å²) < 4.78 is 5.69. The van der Waals surface area contributed by atoms with Crippen LogP contribution in [0.2, 0.25) is 0 Å². The molecule has 4 heteroatoms. The number of fused-ring (bicyclic) bond motifs is 4. The van der Waals surface area contributed by atoms with Gasteiger partial charge in [-0.3, -0.25) is 9.78 Å². The number of ether oxygens (including phenoxy) is 1. The van der Waals surface area contributed by atoms with Crippen LogP contribution in [0, 0.1) is 0 Å². The summed E-state index contributed by atoms with van der Waals surface area (Å²) in [5.74, 6) is 0.151. The first-order valence-electron chi connectivity index (χ1n) is 8.41. The number of carbonyl (C=O) groups excluding carboxylic acids is 1. The molecule has 0 saturated carbocycles. The third-order valence-electron chi connectivity index (χ3n) is 4.59. The van der Waals surface area contributed by atoms with Crippen LogP contribution in [0.15, 0.2) is 72.6 Å². The van der Waals surface area contributed by atoms with E-state index in [4.69, 9.17) is 9.72 Å². The minimum atomic E-state index is -0.153. The van der Waals surface area contributed by atoms with Gasteiger partial charge in [0.2, 0.25) is 5.78 Å². The highest BCUT2D eigenvalue weighted by molar-refractivity contribution is 6.14. The van der Waals surface area contributed by atoms with E-state index >= 15 is 0 Å². The third kappa shape index (κ3) is 2.35. The van der Waals surface area contributed by atoms with E-state index in [1.807, 2.05) is 42.5 Å². The van der Waals surface area contributed by atoms with Gasteiger partial charge in [0, 0.05) is 23.0 Å². The summed E-state index contributed by atoms with van der Waals surface area (Å²) in [7, 11) is 0. The van der Waals surface area contributed by atoms with Crippen LogP contribution in [0.25, 0.3) is 27.8 Å². The van der Waals surface area contributed by atoms with Crippen molar-refractivity contribution >= 4 is 33.5 Å². The molecule has 26 heavy (non-hydrogen) atoms. The molecule has 4 nitrogen and oxygen atoms in total. The first kappa shape index (κ1) is 14.8. The summed E-state index contributed by atoms with van der Waals surface area (Å²) in [6, 6.07) is 19.6. The summed E-state index contributed by atoms with van der Waals surface area (Å²) in [5, 5.41) is 3.16. The molecule has 0 radical (unpaired) electrons. The van der Waals surface area contributed by atoms with Gasteiger partial charge in [-0.25, -0.2) is 4.98 Å². The van der Waals surface area contributed by atoms with E-state index in [1.165, 1.54) is 0 Å². The number of rotatable bonds is 1. The lowest BCUT2D eigenvalue weighted by atomic mass is 9.99. The van der Waals surface area contributed by atoms with Crippen LogP contribution in [0.5, 0.6) is 0 Å². The molecule has 0 bridgehead atoms. The van der Waals surface area contributed by atoms with Crippen molar-refractivity contribution in [3.05, 3.63) is 89.6 Å². The van der Waals surface area contributed by atoms with Crippen LogP contribution in [0.3, 0.4) is 0 Å². The maximum Gasteiger partial charge on any atom is 0.229 e. The van der Waals surface area contributed by atoms with Crippen molar-refractivity contribution in [2.24, 2.45) is 0 Å². The van der Waals surface area contributed by atoms with E-state index < -0.39 is 0 Å². The topological polar surface area (TPSA) is 52.1 Å². The van der Waals surface area contributed by atoms with E-state index in [1.54, 1.807) is 12.3 Å². The standard InChI is InChI=1S/C22H14N2O2/c25-22-18-11-15-9-8-14-5-1-2-7-17(14)21(15)24-19(18)13-26-20(22)12-16-6-3-4-10-23-16/h1-12H,13H2/b20-12-. The molecular formula is C22H14N2O2. The Kier molecular flexibility index (Phi) is 3.28. The highest BCUT2D eigenvalue weighted by Gasteiger charge is 2.25. The Morgan fingerprint density at radius 3 is 2.69 bits per heavy atom. The Labute approximate surface area is 149 Å². The predicted octanol–water partition coefficient (Wildman–Crippen LogP) is 4.54. The van der Waals surface area contributed by atoms with Crippen molar-refractivity contribution in [3.63, 3.8) is 0 Å². The van der Waals surface area contributed by atoms with E-state index in [9.17, 15) is 4.79 Å². The Balaban J connectivity index is 1.65. The second-order valence-electron chi connectivity index (χ2n) is 6.22. The lowest BCUT2D eigenvalue weighted by molar-refractivity contribution is 0.0866. The highest BCUT2D eigenvalue weighted by atomic mass is 16.5. The fourth-order valence-corrected chi connectivity index (χ4v) is 3.30. The molecule has 0 spiro atoms. The van der Waals surface area contributed by atoms with Gasteiger partial charge in [-0.1, -0.05) is 42.5 Å². The summed E-state index contributed by atoms with van der Waals surface area (Å²) in [4.78, 5) is 21.8. The van der Waals surface area contributed by atoms with Crippen LogP contribution in [-0.2, 0) is 11.3 Å². The van der Waals surface area contributed by atoms with Crippen LogP contribution >= 0.6 is 0 Å². The van der Waals surface area contributed by atoms with Gasteiger partial charge in [0.05, 0.1) is 22.5 Å². The van der Waals surface area contributed by atoms with Gasteiger partial charge in [-0.05, 0) is 23.6 Å². The molecule has 0 atom stereocenters. The summed E-state index contributed by atoms with van der Waals surface area (Å²) >= 11 is 0. The average molecular weight is 338 g/mol. The average Bonchev–Trinajstić information content (AvgIpc) is 2.70. The Morgan fingerprint density at radius 2 is 1.81 bits per heavy atom. The van der Waals surface area contributed by atoms with Crippen LogP contribution in [0.4, 0.5) is 0 Å². The van der Waals surface area contributed by atoms with Gasteiger partial charge in [-0.2, -0.15) is 0 Å². The fourth-order valence-electron chi connectivity index (χ4n) is 3.30. The largest absolute Gasteiger partial charge is 0.483 e.